The van der Waals surface area contributed by atoms with Gasteiger partial charge in [-0.25, -0.2) is 4.39 Å². The largest absolute Gasteiger partial charge is 0.416 e. The van der Waals surface area contributed by atoms with Crippen molar-refractivity contribution in [3.05, 3.63) is 57.6 Å². The minimum Gasteiger partial charge on any atom is -0.322 e. The molecule has 0 atom stereocenters. The molecule has 100 valence electrons. The van der Waals surface area contributed by atoms with Crippen molar-refractivity contribution in [2.45, 2.75) is 13.1 Å². The van der Waals surface area contributed by atoms with E-state index in [-0.39, 0.29) is 11.3 Å². The Kier molecular flexibility index (Phi) is 3.18. The van der Waals surface area contributed by atoms with E-state index in [2.05, 4.69) is 4.98 Å². The Morgan fingerprint density at radius 2 is 1.79 bits per heavy atom. The molecule has 0 unspecified atom stereocenters. The molecule has 0 aliphatic rings. The van der Waals surface area contributed by atoms with E-state index in [1.807, 2.05) is 0 Å². The van der Waals surface area contributed by atoms with Crippen LogP contribution in [0.15, 0.2) is 35.1 Å². The first-order valence-electron chi connectivity index (χ1n) is 5.35. The van der Waals surface area contributed by atoms with Crippen LogP contribution in [0.25, 0.3) is 11.3 Å². The molecule has 0 amide bonds. The van der Waals surface area contributed by atoms with Gasteiger partial charge in [0.05, 0.1) is 5.56 Å². The van der Waals surface area contributed by atoms with Crippen LogP contribution in [0.2, 0.25) is 0 Å². The number of aromatic amines is 1. The van der Waals surface area contributed by atoms with Gasteiger partial charge in [0.2, 0.25) is 5.56 Å². The summed E-state index contributed by atoms with van der Waals surface area (Å²) in [5.74, 6) is -0.584. The maximum atomic E-state index is 13.2. The summed E-state index contributed by atoms with van der Waals surface area (Å²) in [6.07, 6.45) is -4.62. The summed E-state index contributed by atoms with van der Waals surface area (Å²) >= 11 is 0. The molecule has 0 saturated heterocycles. The molecule has 0 aliphatic carbocycles. The van der Waals surface area contributed by atoms with Gasteiger partial charge >= 0.3 is 6.18 Å². The van der Waals surface area contributed by atoms with Crippen LogP contribution in [0.4, 0.5) is 17.6 Å². The van der Waals surface area contributed by atoms with Crippen LogP contribution < -0.4 is 5.56 Å². The number of nitrogens with one attached hydrogen (secondary N) is 1. The Bertz CT molecular complexity index is 673. The van der Waals surface area contributed by atoms with Gasteiger partial charge in [-0.05, 0) is 30.7 Å². The average Bonchev–Trinajstić information content (AvgIpc) is 2.30. The number of rotatable bonds is 1. The van der Waals surface area contributed by atoms with Crippen molar-refractivity contribution in [2.75, 3.05) is 0 Å². The second-order valence-corrected chi connectivity index (χ2v) is 4.10. The van der Waals surface area contributed by atoms with Crippen molar-refractivity contribution in [3.8, 4) is 11.3 Å². The maximum absolute atomic E-state index is 13.2. The highest BCUT2D eigenvalue weighted by Gasteiger charge is 2.31. The van der Waals surface area contributed by atoms with E-state index < -0.39 is 23.1 Å². The number of H-pyrrole nitrogens is 1. The van der Waals surface area contributed by atoms with Gasteiger partial charge in [-0.1, -0.05) is 6.07 Å². The lowest BCUT2D eigenvalue weighted by Crippen LogP contribution is -2.14. The second-order valence-electron chi connectivity index (χ2n) is 4.10. The summed E-state index contributed by atoms with van der Waals surface area (Å²) in [7, 11) is 0. The molecule has 0 bridgehead atoms. The molecule has 2 aromatic rings. The Morgan fingerprint density at radius 1 is 1.11 bits per heavy atom. The molecule has 1 aromatic carbocycles. The summed E-state index contributed by atoms with van der Waals surface area (Å²) in [6, 6.07) is 4.98. The van der Waals surface area contributed by atoms with Gasteiger partial charge < -0.3 is 4.98 Å². The van der Waals surface area contributed by atoms with Gasteiger partial charge in [-0.3, -0.25) is 4.79 Å². The summed E-state index contributed by atoms with van der Waals surface area (Å²) in [5.41, 5.74) is -1.21. The van der Waals surface area contributed by atoms with Crippen LogP contribution in [0, 0.1) is 12.7 Å². The van der Waals surface area contributed by atoms with Crippen LogP contribution in [0.3, 0.4) is 0 Å². The second kappa shape index (κ2) is 4.53. The van der Waals surface area contributed by atoms with E-state index in [0.29, 0.717) is 11.6 Å². The fraction of sp³-hybridized carbons (Fsp3) is 0.154. The zero-order chi connectivity index (χ0) is 14.2. The Labute approximate surface area is 105 Å². The Hall–Kier alpha value is -2.11. The van der Waals surface area contributed by atoms with E-state index in [4.69, 9.17) is 0 Å². The minimum absolute atomic E-state index is 0.0585. The SMILES string of the molecule is Cc1ccc(F)cc1-c1cc(C(F)(F)F)cc(=O)[nH]1. The molecule has 2 nitrogen and oxygen atoms in total. The molecule has 1 aromatic heterocycles. The number of halogens is 4. The number of pyridine rings is 1. The Balaban J connectivity index is 2.66. The van der Waals surface area contributed by atoms with Crippen LogP contribution in [0.1, 0.15) is 11.1 Å². The third-order valence-corrected chi connectivity index (χ3v) is 2.66. The molecule has 6 heteroatoms. The van der Waals surface area contributed by atoms with Crippen LogP contribution >= 0.6 is 0 Å². The number of benzene rings is 1. The molecule has 1 N–H and O–H groups in total. The van der Waals surface area contributed by atoms with Gasteiger partial charge in [0.15, 0.2) is 0 Å². The van der Waals surface area contributed by atoms with E-state index in [1.54, 1.807) is 6.92 Å². The monoisotopic (exact) mass is 271 g/mol. The van der Waals surface area contributed by atoms with Crippen molar-refractivity contribution in [2.24, 2.45) is 0 Å². The highest BCUT2D eigenvalue weighted by Crippen LogP contribution is 2.31. The van der Waals surface area contributed by atoms with Gasteiger partial charge in [-0.2, -0.15) is 13.2 Å². The number of hydrogen-bond acceptors (Lipinski definition) is 1. The maximum Gasteiger partial charge on any atom is 0.416 e. The molecule has 2 rings (SSSR count). The van der Waals surface area contributed by atoms with Crippen molar-refractivity contribution in [1.82, 2.24) is 4.98 Å². The molecular weight excluding hydrogens is 262 g/mol. The summed E-state index contributed by atoms with van der Waals surface area (Å²) in [4.78, 5) is 13.6. The number of alkyl halides is 3. The molecule has 0 saturated carbocycles. The lowest BCUT2D eigenvalue weighted by molar-refractivity contribution is -0.137. The zero-order valence-electron chi connectivity index (χ0n) is 9.81. The predicted octanol–water partition coefficient (Wildman–Crippen LogP) is 3.51. The van der Waals surface area contributed by atoms with Crippen molar-refractivity contribution in [3.63, 3.8) is 0 Å². The first kappa shape index (κ1) is 13.3. The molecule has 19 heavy (non-hydrogen) atoms. The minimum atomic E-state index is -4.62. The summed E-state index contributed by atoms with van der Waals surface area (Å²) < 4.78 is 51.0. The molecular formula is C13H9F4NO. The van der Waals surface area contributed by atoms with Gasteiger partial charge in [0, 0.05) is 17.3 Å². The van der Waals surface area contributed by atoms with Gasteiger partial charge in [0.25, 0.3) is 0 Å². The fourth-order valence-corrected chi connectivity index (χ4v) is 1.74. The lowest BCUT2D eigenvalue weighted by Gasteiger charge is -2.10. The summed E-state index contributed by atoms with van der Waals surface area (Å²) in [6.45, 7) is 1.62. The zero-order valence-corrected chi connectivity index (χ0v) is 9.81. The molecule has 0 fully saturated rings. The van der Waals surface area contributed by atoms with E-state index >= 15 is 0 Å². The van der Waals surface area contributed by atoms with Crippen LogP contribution in [0.5, 0.6) is 0 Å². The third kappa shape index (κ3) is 2.83. The molecule has 0 radical (unpaired) electrons. The number of aromatic nitrogens is 1. The topological polar surface area (TPSA) is 32.9 Å². The van der Waals surface area contributed by atoms with Gasteiger partial charge in [0.1, 0.15) is 5.82 Å². The molecule has 1 heterocycles. The predicted molar refractivity (Wildman–Crippen MR) is 62.2 cm³/mol. The van der Waals surface area contributed by atoms with Crippen molar-refractivity contribution < 1.29 is 17.6 Å². The highest BCUT2D eigenvalue weighted by molar-refractivity contribution is 5.64. The molecule has 0 spiro atoms. The standard InChI is InChI=1S/C13H9F4NO/c1-7-2-3-9(14)6-10(7)11-4-8(13(15,16)17)5-12(19)18-11/h2-6H,1H3,(H,18,19). The van der Waals surface area contributed by atoms with E-state index in [0.717, 1.165) is 12.1 Å². The number of aryl methyl sites for hydroxylation is 1. The van der Waals surface area contributed by atoms with Crippen molar-refractivity contribution in [1.29, 1.82) is 0 Å². The van der Waals surface area contributed by atoms with E-state index in [9.17, 15) is 22.4 Å². The lowest BCUT2D eigenvalue weighted by atomic mass is 10.0. The Morgan fingerprint density at radius 3 is 2.42 bits per heavy atom. The van der Waals surface area contributed by atoms with E-state index in [1.165, 1.54) is 12.1 Å². The van der Waals surface area contributed by atoms with Crippen molar-refractivity contribution >= 4 is 0 Å². The number of hydrogen-bond donors (Lipinski definition) is 1. The highest BCUT2D eigenvalue weighted by atomic mass is 19.4. The fourth-order valence-electron chi connectivity index (χ4n) is 1.74. The summed E-state index contributed by atoms with van der Waals surface area (Å²) in [5, 5.41) is 0. The third-order valence-electron chi connectivity index (χ3n) is 2.66. The average molecular weight is 271 g/mol. The smallest absolute Gasteiger partial charge is 0.322 e. The normalized spacial score (nSPS) is 11.6. The van der Waals surface area contributed by atoms with Crippen LogP contribution in [-0.2, 0) is 6.18 Å². The first-order valence-corrected chi connectivity index (χ1v) is 5.35. The first-order chi connectivity index (χ1) is 8.77. The van der Waals surface area contributed by atoms with Crippen LogP contribution in [-0.4, -0.2) is 4.98 Å². The quantitative estimate of drug-likeness (QED) is 0.791. The van der Waals surface area contributed by atoms with Gasteiger partial charge in [-0.15, -0.1) is 0 Å². The molecule has 0 aliphatic heterocycles.